The van der Waals surface area contributed by atoms with E-state index in [0.29, 0.717) is 0 Å². The van der Waals surface area contributed by atoms with E-state index in [0.717, 1.165) is 0 Å². The molecule has 17 heavy (non-hydrogen) atoms. The van der Waals surface area contributed by atoms with Crippen LogP contribution in [0.4, 0.5) is 27.8 Å². The van der Waals surface area contributed by atoms with Crippen LogP contribution in [-0.2, 0) is 6.18 Å². The summed E-state index contributed by atoms with van der Waals surface area (Å²) in [6, 6.07) is -0.136. The van der Waals surface area contributed by atoms with E-state index in [1.54, 1.807) is 0 Å². The zero-order valence-electron chi connectivity index (χ0n) is 7.72. The van der Waals surface area contributed by atoms with Crippen molar-refractivity contribution in [3.8, 4) is 0 Å². The number of pyridine rings is 1. The van der Waals surface area contributed by atoms with Gasteiger partial charge in [-0.15, -0.1) is 0 Å². The number of rotatable bonds is 2. The fourth-order valence-electron chi connectivity index (χ4n) is 1.11. The molecule has 0 atom stereocenters. The molecular weight excluding hydrogens is 255 g/mol. The van der Waals surface area contributed by atoms with Crippen LogP contribution in [-0.4, -0.2) is 9.91 Å². The maximum Gasteiger partial charge on any atom is 0.417 e. The van der Waals surface area contributed by atoms with Gasteiger partial charge < -0.3 is 10.1 Å². The van der Waals surface area contributed by atoms with Gasteiger partial charge in [0, 0.05) is 6.07 Å². The lowest BCUT2D eigenvalue weighted by atomic mass is 10.1. The molecule has 1 aromatic heterocycles. The number of alkyl halides is 5. The maximum atomic E-state index is 12.3. The first-order valence-corrected chi connectivity index (χ1v) is 3.91. The molecule has 10 heteroatoms. The number of nitrogens with zero attached hydrogens (tertiary/aromatic N) is 1. The summed E-state index contributed by atoms with van der Waals surface area (Å²) in [6.07, 6.45) is -8.96. The average molecular weight is 258 g/mol. The van der Waals surface area contributed by atoms with Crippen molar-refractivity contribution < 1.29 is 26.9 Å². The summed E-state index contributed by atoms with van der Waals surface area (Å²) in [4.78, 5) is 21.1. The highest BCUT2D eigenvalue weighted by Gasteiger charge is 2.39. The van der Waals surface area contributed by atoms with Crippen LogP contribution in [0.2, 0.25) is 0 Å². The number of hydrogen-bond acceptors (Lipinski definition) is 3. The van der Waals surface area contributed by atoms with Gasteiger partial charge in [-0.25, -0.2) is 18.6 Å². The third-order valence-electron chi connectivity index (χ3n) is 1.78. The van der Waals surface area contributed by atoms with Gasteiger partial charge in [0.05, 0.1) is 5.56 Å². The summed E-state index contributed by atoms with van der Waals surface area (Å²) >= 11 is 0. The largest absolute Gasteiger partial charge is 0.417 e. The predicted molar refractivity (Wildman–Crippen MR) is 43.7 cm³/mol. The monoisotopic (exact) mass is 258 g/mol. The molecule has 0 fully saturated rings. The molecule has 94 valence electrons. The highest BCUT2D eigenvalue weighted by Crippen LogP contribution is 2.35. The Balaban J connectivity index is 3.63. The second-order valence-corrected chi connectivity index (χ2v) is 2.87. The van der Waals surface area contributed by atoms with Crippen LogP contribution in [0.25, 0.3) is 0 Å². The number of nitrogens with one attached hydrogen (secondary N) is 1. The molecule has 0 amide bonds. The molecule has 1 aromatic rings. The number of halogens is 5. The lowest BCUT2D eigenvalue weighted by Crippen LogP contribution is -2.22. The van der Waals surface area contributed by atoms with Crippen molar-refractivity contribution >= 4 is 5.82 Å². The van der Waals surface area contributed by atoms with Crippen molar-refractivity contribution in [2.24, 2.45) is 0 Å². The summed E-state index contributed by atoms with van der Waals surface area (Å²) in [5.41, 5.74) is -5.67. The van der Waals surface area contributed by atoms with Crippen LogP contribution in [0.15, 0.2) is 10.9 Å². The van der Waals surface area contributed by atoms with Gasteiger partial charge in [-0.2, -0.15) is 13.2 Å². The van der Waals surface area contributed by atoms with Gasteiger partial charge in [-0.05, 0) is 4.92 Å². The Hall–Kier alpha value is -2.00. The quantitative estimate of drug-likeness (QED) is 0.502. The summed E-state index contributed by atoms with van der Waals surface area (Å²) in [6.45, 7) is 0. The van der Waals surface area contributed by atoms with E-state index < -0.39 is 40.0 Å². The van der Waals surface area contributed by atoms with Crippen LogP contribution in [0, 0.1) is 10.1 Å². The summed E-state index contributed by atoms with van der Waals surface area (Å²) in [5.74, 6) is -1.30. The van der Waals surface area contributed by atoms with E-state index in [1.165, 1.54) is 4.98 Å². The van der Waals surface area contributed by atoms with E-state index in [1.807, 2.05) is 0 Å². The minimum atomic E-state index is -5.27. The lowest BCUT2D eigenvalue weighted by Gasteiger charge is -2.10. The van der Waals surface area contributed by atoms with E-state index in [-0.39, 0.29) is 6.07 Å². The molecule has 0 unspecified atom stereocenters. The fraction of sp³-hybridized carbons (Fsp3) is 0.286. The summed E-state index contributed by atoms with van der Waals surface area (Å²) in [7, 11) is 0. The first kappa shape index (κ1) is 13.1. The Morgan fingerprint density at radius 1 is 1.35 bits per heavy atom. The van der Waals surface area contributed by atoms with E-state index >= 15 is 0 Å². The Labute approximate surface area is 89.0 Å². The number of H-pyrrole nitrogens is 1. The Bertz CT molecular complexity index is 507. The van der Waals surface area contributed by atoms with Crippen LogP contribution >= 0.6 is 0 Å². The minimum absolute atomic E-state index is 0.136. The van der Waals surface area contributed by atoms with Crippen LogP contribution in [0.5, 0.6) is 0 Å². The molecule has 5 nitrogen and oxygen atoms in total. The van der Waals surface area contributed by atoms with Gasteiger partial charge in [-0.1, -0.05) is 0 Å². The van der Waals surface area contributed by atoms with E-state index in [4.69, 9.17) is 0 Å². The third kappa shape index (κ3) is 2.57. The van der Waals surface area contributed by atoms with Crippen molar-refractivity contribution in [1.82, 2.24) is 4.98 Å². The van der Waals surface area contributed by atoms with Crippen molar-refractivity contribution in [1.29, 1.82) is 0 Å². The molecule has 1 N–H and O–H groups in total. The Morgan fingerprint density at radius 2 is 1.88 bits per heavy atom. The summed E-state index contributed by atoms with van der Waals surface area (Å²) < 4.78 is 61.5. The normalized spacial score (nSPS) is 11.9. The highest BCUT2D eigenvalue weighted by atomic mass is 19.4. The van der Waals surface area contributed by atoms with Gasteiger partial charge in [-0.3, -0.25) is 0 Å². The standard InChI is InChI=1S/C7H3F5N2O3/c8-5(9)4-2(7(10,11)12)1-3(14(16)17)13-6(4)15/h1,5H,(H,13,15). The Morgan fingerprint density at radius 3 is 2.24 bits per heavy atom. The van der Waals surface area contributed by atoms with Crippen LogP contribution in [0.3, 0.4) is 0 Å². The third-order valence-corrected chi connectivity index (χ3v) is 1.78. The SMILES string of the molecule is O=c1[nH]c([N+](=O)[O-])cc(C(F)(F)F)c1C(F)F. The van der Waals surface area contributed by atoms with E-state index in [2.05, 4.69) is 0 Å². The molecular formula is C7H3F5N2O3. The first-order chi connectivity index (χ1) is 7.64. The lowest BCUT2D eigenvalue weighted by molar-refractivity contribution is -0.390. The van der Waals surface area contributed by atoms with Crippen LogP contribution in [0.1, 0.15) is 17.6 Å². The zero-order valence-corrected chi connectivity index (χ0v) is 7.72. The highest BCUT2D eigenvalue weighted by molar-refractivity contribution is 5.35. The van der Waals surface area contributed by atoms with Gasteiger partial charge in [0.2, 0.25) is 0 Å². The minimum Gasteiger partial charge on any atom is -0.358 e. The van der Waals surface area contributed by atoms with Crippen molar-refractivity contribution in [3.63, 3.8) is 0 Å². The Kier molecular flexibility index (Phi) is 3.16. The molecule has 0 aliphatic rings. The number of nitro groups is 1. The molecule has 0 spiro atoms. The molecule has 0 aliphatic heterocycles. The van der Waals surface area contributed by atoms with Crippen molar-refractivity contribution in [2.75, 3.05) is 0 Å². The number of hydrogen-bond donors (Lipinski definition) is 1. The number of aromatic nitrogens is 1. The zero-order chi connectivity index (χ0) is 13.4. The van der Waals surface area contributed by atoms with Crippen molar-refractivity contribution in [2.45, 2.75) is 12.6 Å². The van der Waals surface area contributed by atoms with Gasteiger partial charge in [0.1, 0.15) is 5.56 Å². The smallest absolute Gasteiger partial charge is 0.358 e. The first-order valence-electron chi connectivity index (χ1n) is 3.91. The predicted octanol–water partition coefficient (Wildman–Crippen LogP) is 2.24. The second kappa shape index (κ2) is 4.11. The second-order valence-electron chi connectivity index (χ2n) is 2.87. The van der Waals surface area contributed by atoms with Crippen molar-refractivity contribution in [3.05, 3.63) is 37.7 Å². The molecule has 0 aliphatic carbocycles. The molecule has 0 saturated heterocycles. The molecule has 0 bridgehead atoms. The maximum absolute atomic E-state index is 12.3. The van der Waals surface area contributed by atoms with Crippen LogP contribution < -0.4 is 5.56 Å². The molecule has 0 radical (unpaired) electrons. The molecule has 0 aromatic carbocycles. The van der Waals surface area contributed by atoms with Gasteiger partial charge in [0.25, 0.3) is 6.43 Å². The van der Waals surface area contributed by atoms with Gasteiger partial charge in [0.15, 0.2) is 0 Å². The molecule has 0 saturated carbocycles. The fourth-order valence-corrected chi connectivity index (χ4v) is 1.11. The van der Waals surface area contributed by atoms with E-state index in [9.17, 15) is 36.9 Å². The molecule has 1 rings (SSSR count). The average Bonchev–Trinajstić information content (AvgIpc) is 2.14. The topological polar surface area (TPSA) is 76.0 Å². The molecule has 1 heterocycles. The summed E-state index contributed by atoms with van der Waals surface area (Å²) in [5, 5.41) is 10.2. The number of aromatic amines is 1. The van der Waals surface area contributed by atoms with Gasteiger partial charge >= 0.3 is 17.6 Å².